The third-order valence-electron chi connectivity index (χ3n) is 2.38. The number of nitrogens with zero attached hydrogens (tertiary/aromatic N) is 2. The van der Waals surface area contributed by atoms with Gasteiger partial charge in [0.1, 0.15) is 0 Å². The summed E-state index contributed by atoms with van der Waals surface area (Å²) in [5.74, 6) is -0.380. The van der Waals surface area contributed by atoms with Crippen molar-refractivity contribution in [1.29, 1.82) is 0 Å². The molecule has 0 saturated heterocycles. The molecular weight excluding hydrogens is 228 g/mol. The molecule has 0 aliphatic carbocycles. The molecule has 0 fully saturated rings. The van der Waals surface area contributed by atoms with E-state index in [0.29, 0.717) is 11.1 Å². The van der Waals surface area contributed by atoms with Gasteiger partial charge < -0.3 is 4.74 Å². The number of benzene rings is 1. The Kier molecular flexibility index (Phi) is 2.75. The lowest BCUT2D eigenvalue weighted by Gasteiger charge is -2.06. The Morgan fingerprint density at radius 3 is 2.88 bits per heavy atom. The molecule has 1 heterocycles. The number of rotatable bonds is 1. The molecule has 4 nitrogen and oxygen atoms in total. The van der Waals surface area contributed by atoms with Crippen molar-refractivity contribution in [2.75, 3.05) is 7.11 Å². The van der Waals surface area contributed by atoms with Crippen LogP contribution in [0.25, 0.3) is 10.9 Å². The van der Waals surface area contributed by atoms with Gasteiger partial charge >= 0.3 is 5.97 Å². The first-order valence-corrected chi connectivity index (χ1v) is 5.01. The maximum absolute atomic E-state index is 11.5. The zero-order chi connectivity index (χ0) is 11.7. The van der Waals surface area contributed by atoms with E-state index in [1.165, 1.54) is 7.11 Å². The Bertz CT molecular complexity index is 569. The maximum Gasteiger partial charge on any atom is 0.338 e. The van der Waals surface area contributed by atoms with Crippen molar-refractivity contribution in [1.82, 2.24) is 9.97 Å². The molecule has 2 aromatic rings. The number of methoxy groups -OCH3 is 1. The number of ether oxygens (including phenoxy) is 1. The molecule has 0 amide bonds. The monoisotopic (exact) mass is 236 g/mol. The molecule has 2 rings (SSSR count). The van der Waals surface area contributed by atoms with Crippen LogP contribution in [-0.4, -0.2) is 23.0 Å². The Morgan fingerprint density at radius 1 is 1.44 bits per heavy atom. The number of aryl methyl sites for hydroxylation is 1. The van der Waals surface area contributed by atoms with E-state index in [2.05, 4.69) is 14.7 Å². The van der Waals surface area contributed by atoms with Crippen molar-refractivity contribution in [2.24, 2.45) is 0 Å². The van der Waals surface area contributed by atoms with Crippen molar-refractivity contribution in [2.45, 2.75) is 6.92 Å². The molecule has 0 saturated carbocycles. The fraction of sp³-hybridized carbons (Fsp3) is 0.182. The second-order valence-electron chi connectivity index (χ2n) is 3.31. The number of esters is 1. The van der Waals surface area contributed by atoms with Gasteiger partial charge in [-0.2, -0.15) is 0 Å². The molecule has 0 atom stereocenters. The normalized spacial score (nSPS) is 10.4. The number of halogens is 1. The highest BCUT2D eigenvalue weighted by atomic mass is 35.5. The zero-order valence-corrected chi connectivity index (χ0v) is 9.58. The third kappa shape index (κ3) is 1.72. The van der Waals surface area contributed by atoms with Gasteiger partial charge in [-0.3, -0.25) is 0 Å². The maximum atomic E-state index is 11.5. The number of hydrogen-bond donors (Lipinski definition) is 0. The van der Waals surface area contributed by atoms with Gasteiger partial charge in [-0.15, -0.1) is 0 Å². The van der Waals surface area contributed by atoms with Crippen molar-refractivity contribution < 1.29 is 9.53 Å². The molecule has 0 radical (unpaired) electrons. The smallest absolute Gasteiger partial charge is 0.338 e. The van der Waals surface area contributed by atoms with E-state index >= 15 is 0 Å². The van der Waals surface area contributed by atoms with Crippen LogP contribution in [0.5, 0.6) is 0 Å². The summed E-state index contributed by atoms with van der Waals surface area (Å²) in [5, 5.41) is 1.01. The van der Waals surface area contributed by atoms with Gasteiger partial charge in [0.25, 0.3) is 0 Å². The minimum atomic E-state index is -0.380. The number of carbonyl (C=O) groups is 1. The molecule has 0 aliphatic rings. The molecule has 0 unspecified atom stereocenters. The van der Waals surface area contributed by atoms with Crippen LogP contribution < -0.4 is 0 Å². The molecule has 0 bridgehead atoms. The predicted octanol–water partition coefficient (Wildman–Crippen LogP) is 2.38. The molecule has 1 aromatic carbocycles. The van der Waals surface area contributed by atoms with Crippen LogP contribution in [0.15, 0.2) is 18.3 Å². The number of hydrogen-bond acceptors (Lipinski definition) is 4. The Labute approximate surface area is 97.2 Å². The van der Waals surface area contributed by atoms with Crippen LogP contribution >= 0.6 is 11.6 Å². The predicted molar refractivity (Wildman–Crippen MR) is 60.6 cm³/mol. The molecule has 0 N–H and O–H groups in total. The van der Waals surface area contributed by atoms with Gasteiger partial charge in [0.2, 0.25) is 5.28 Å². The van der Waals surface area contributed by atoms with E-state index in [9.17, 15) is 4.79 Å². The van der Waals surface area contributed by atoms with Crippen LogP contribution in [-0.2, 0) is 4.74 Å². The molecule has 1 aromatic heterocycles. The first-order chi connectivity index (χ1) is 7.63. The largest absolute Gasteiger partial charge is 0.465 e. The third-order valence-corrected chi connectivity index (χ3v) is 2.56. The molecule has 16 heavy (non-hydrogen) atoms. The summed E-state index contributed by atoms with van der Waals surface area (Å²) in [6.45, 7) is 1.80. The van der Waals surface area contributed by atoms with Crippen LogP contribution in [0.2, 0.25) is 5.28 Å². The Balaban J connectivity index is 2.72. The average molecular weight is 237 g/mol. The SMILES string of the molecule is COC(=O)c1ccc2cnc(Cl)nc2c1C. The molecule has 5 heteroatoms. The summed E-state index contributed by atoms with van der Waals surface area (Å²) < 4.78 is 4.68. The van der Waals surface area contributed by atoms with E-state index in [1.54, 1.807) is 25.3 Å². The summed E-state index contributed by atoms with van der Waals surface area (Å²) in [5.41, 5.74) is 1.90. The number of carbonyl (C=O) groups excluding carboxylic acids is 1. The molecule has 0 spiro atoms. The van der Waals surface area contributed by atoms with Crippen LogP contribution in [0.3, 0.4) is 0 Å². The van der Waals surface area contributed by atoms with E-state index in [4.69, 9.17) is 11.6 Å². The highest BCUT2D eigenvalue weighted by Crippen LogP contribution is 2.21. The quantitative estimate of drug-likeness (QED) is 0.564. The minimum absolute atomic E-state index is 0.164. The molecule has 82 valence electrons. The average Bonchev–Trinajstić information content (AvgIpc) is 2.29. The topological polar surface area (TPSA) is 52.1 Å². The van der Waals surface area contributed by atoms with E-state index in [1.807, 2.05) is 0 Å². The Hall–Kier alpha value is -1.68. The minimum Gasteiger partial charge on any atom is -0.465 e. The van der Waals surface area contributed by atoms with Gasteiger partial charge in [0.05, 0.1) is 18.2 Å². The van der Waals surface area contributed by atoms with Crippen molar-refractivity contribution in [3.05, 3.63) is 34.7 Å². The van der Waals surface area contributed by atoms with Gasteiger partial charge in [-0.05, 0) is 30.2 Å². The lowest BCUT2D eigenvalue weighted by atomic mass is 10.1. The Morgan fingerprint density at radius 2 is 2.19 bits per heavy atom. The van der Waals surface area contributed by atoms with Gasteiger partial charge in [-0.1, -0.05) is 6.07 Å². The zero-order valence-electron chi connectivity index (χ0n) is 8.82. The summed E-state index contributed by atoms with van der Waals surface area (Å²) in [4.78, 5) is 19.4. The lowest BCUT2D eigenvalue weighted by Crippen LogP contribution is -2.04. The highest BCUT2D eigenvalue weighted by Gasteiger charge is 2.12. The van der Waals surface area contributed by atoms with Crippen LogP contribution in [0.4, 0.5) is 0 Å². The summed E-state index contributed by atoms with van der Waals surface area (Å²) >= 11 is 5.72. The lowest BCUT2D eigenvalue weighted by molar-refractivity contribution is 0.0600. The van der Waals surface area contributed by atoms with Gasteiger partial charge in [-0.25, -0.2) is 14.8 Å². The highest BCUT2D eigenvalue weighted by molar-refractivity contribution is 6.28. The first-order valence-electron chi connectivity index (χ1n) is 4.63. The van der Waals surface area contributed by atoms with Gasteiger partial charge in [0, 0.05) is 11.6 Å². The van der Waals surface area contributed by atoms with E-state index < -0.39 is 0 Å². The fourth-order valence-electron chi connectivity index (χ4n) is 1.55. The van der Waals surface area contributed by atoms with Crippen molar-refractivity contribution >= 4 is 28.5 Å². The van der Waals surface area contributed by atoms with Crippen molar-refractivity contribution in [3.8, 4) is 0 Å². The second kappa shape index (κ2) is 4.06. The van der Waals surface area contributed by atoms with E-state index in [-0.39, 0.29) is 11.3 Å². The second-order valence-corrected chi connectivity index (χ2v) is 3.64. The van der Waals surface area contributed by atoms with Crippen LogP contribution in [0, 0.1) is 6.92 Å². The summed E-state index contributed by atoms with van der Waals surface area (Å²) in [7, 11) is 1.35. The van der Waals surface area contributed by atoms with Crippen LogP contribution in [0.1, 0.15) is 15.9 Å². The summed E-state index contributed by atoms with van der Waals surface area (Å²) in [6, 6.07) is 3.46. The van der Waals surface area contributed by atoms with Crippen molar-refractivity contribution in [3.63, 3.8) is 0 Å². The molecular formula is C11H9ClN2O2. The number of fused-ring (bicyclic) bond motifs is 1. The van der Waals surface area contributed by atoms with Gasteiger partial charge in [0.15, 0.2) is 0 Å². The number of aromatic nitrogens is 2. The standard InChI is InChI=1S/C11H9ClN2O2/c1-6-8(10(15)16-2)4-3-7-5-13-11(12)14-9(6)7/h3-5H,1-2H3. The molecule has 0 aliphatic heterocycles. The first kappa shape index (κ1) is 10.8. The van der Waals surface area contributed by atoms with E-state index in [0.717, 1.165) is 10.9 Å². The fourth-order valence-corrected chi connectivity index (χ4v) is 1.68. The summed E-state index contributed by atoms with van der Waals surface area (Å²) in [6.07, 6.45) is 1.62.